The second-order valence-corrected chi connectivity index (χ2v) is 5.36. The third-order valence-corrected chi connectivity index (χ3v) is 3.46. The van der Waals surface area contributed by atoms with Crippen molar-refractivity contribution in [1.82, 2.24) is 4.90 Å². The van der Waals surface area contributed by atoms with Crippen molar-refractivity contribution in [2.45, 2.75) is 32.0 Å². The lowest BCUT2D eigenvalue weighted by Crippen LogP contribution is -2.39. The number of rotatable bonds is 4. The van der Waals surface area contributed by atoms with E-state index in [1.54, 1.807) is 24.3 Å². The summed E-state index contributed by atoms with van der Waals surface area (Å²) in [6.45, 7) is 3.02. The Bertz CT molecular complexity index is 488. The first-order chi connectivity index (χ1) is 10.1. The number of carbonyl (C=O) groups excluding carboxylic acids is 2. The first-order valence-electron chi connectivity index (χ1n) is 7.17. The highest BCUT2D eigenvalue weighted by atomic mass is 16.6. The average Bonchev–Trinajstić information content (AvgIpc) is 2.45. The zero-order valence-electron chi connectivity index (χ0n) is 12.5. The molecular weight excluding hydrogens is 270 g/mol. The number of hydrogen-bond donors (Lipinski definition) is 0. The molecule has 5 nitrogen and oxygen atoms in total. The second kappa shape index (κ2) is 7.22. The summed E-state index contributed by atoms with van der Waals surface area (Å²) >= 11 is 0. The van der Waals surface area contributed by atoms with E-state index in [4.69, 9.17) is 9.47 Å². The zero-order valence-corrected chi connectivity index (χ0v) is 12.5. The molecule has 0 saturated carbocycles. The molecule has 5 heteroatoms. The van der Waals surface area contributed by atoms with Crippen LogP contribution >= 0.6 is 0 Å². The minimum atomic E-state index is -0.990. The molecule has 1 aliphatic heterocycles. The molecule has 1 saturated heterocycles. The summed E-state index contributed by atoms with van der Waals surface area (Å²) < 4.78 is 10.7. The van der Waals surface area contributed by atoms with E-state index in [9.17, 15) is 9.59 Å². The Kier molecular flexibility index (Phi) is 5.33. The molecule has 0 bridgehead atoms. The molecule has 0 N–H and O–H groups in total. The van der Waals surface area contributed by atoms with Gasteiger partial charge in [-0.3, -0.25) is 4.79 Å². The van der Waals surface area contributed by atoms with Gasteiger partial charge in [-0.15, -0.1) is 0 Å². The topological polar surface area (TPSA) is 55.8 Å². The molecule has 1 aliphatic rings. The number of hydrogen-bond acceptors (Lipinski definition) is 5. The first kappa shape index (κ1) is 15.5. The van der Waals surface area contributed by atoms with Crippen LogP contribution in [-0.4, -0.2) is 43.1 Å². The molecule has 0 radical (unpaired) electrons. The van der Waals surface area contributed by atoms with Gasteiger partial charge in [0.25, 0.3) is 0 Å². The molecule has 1 heterocycles. The quantitative estimate of drug-likeness (QED) is 0.793. The first-order valence-corrected chi connectivity index (χ1v) is 7.17. The van der Waals surface area contributed by atoms with Crippen molar-refractivity contribution >= 4 is 11.9 Å². The Morgan fingerprint density at radius 2 is 2.00 bits per heavy atom. The number of likely N-dealkylation sites (tertiary alicyclic amines) is 1. The van der Waals surface area contributed by atoms with Crippen LogP contribution < -0.4 is 0 Å². The van der Waals surface area contributed by atoms with Gasteiger partial charge in [0.05, 0.1) is 0 Å². The van der Waals surface area contributed by atoms with Crippen molar-refractivity contribution in [3.8, 4) is 0 Å². The van der Waals surface area contributed by atoms with Crippen LogP contribution in [0.1, 0.15) is 31.4 Å². The maximum Gasteiger partial charge on any atom is 0.352 e. The van der Waals surface area contributed by atoms with Crippen LogP contribution in [0.5, 0.6) is 0 Å². The van der Waals surface area contributed by atoms with Gasteiger partial charge in [-0.1, -0.05) is 30.3 Å². The van der Waals surface area contributed by atoms with Crippen molar-refractivity contribution < 1.29 is 19.1 Å². The highest BCUT2D eigenvalue weighted by Crippen LogP contribution is 2.22. The number of ether oxygens (including phenoxy) is 2. The Morgan fingerprint density at radius 3 is 2.62 bits per heavy atom. The lowest BCUT2D eigenvalue weighted by atomic mass is 10.1. The van der Waals surface area contributed by atoms with E-state index in [1.165, 1.54) is 6.92 Å². The van der Waals surface area contributed by atoms with Gasteiger partial charge in [0.2, 0.25) is 6.10 Å². The smallest absolute Gasteiger partial charge is 0.352 e. The maximum absolute atomic E-state index is 12.3. The molecule has 0 aromatic heterocycles. The van der Waals surface area contributed by atoms with Gasteiger partial charge >= 0.3 is 11.9 Å². The third kappa shape index (κ3) is 4.56. The van der Waals surface area contributed by atoms with Crippen molar-refractivity contribution in [3.63, 3.8) is 0 Å². The van der Waals surface area contributed by atoms with Gasteiger partial charge < -0.3 is 14.4 Å². The van der Waals surface area contributed by atoms with E-state index in [0.29, 0.717) is 12.1 Å². The number of likely N-dealkylation sites (N-methyl/N-ethyl adjacent to an activating group) is 1. The highest BCUT2D eigenvalue weighted by Gasteiger charge is 2.29. The molecule has 0 amide bonds. The summed E-state index contributed by atoms with van der Waals surface area (Å²) in [6, 6.07) is 8.94. The second-order valence-electron chi connectivity index (χ2n) is 5.36. The van der Waals surface area contributed by atoms with E-state index < -0.39 is 18.0 Å². The van der Waals surface area contributed by atoms with Crippen LogP contribution in [-0.2, 0) is 19.1 Å². The summed E-state index contributed by atoms with van der Waals surface area (Å²) in [5.74, 6) is -1.00. The van der Waals surface area contributed by atoms with Gasteiger partial charge in [0, 0.05) is 19.0 Å². The fraction of sp³-hybridized carbons (Fsp3) is 0.500. The van der Waals surface area contributed by atoms with Gasteiger partial charge in [-0.25, -0.2) is 4.79 Å². The van der Waals surface area contributed by atoms with Crippen LogP contribution in [0.4, 0.5) is 0 Å². The Labute approximate surface area is 124 Å². The van der Waals surface area contributed by atoms with Gasteiger partial charge in [0.1, 0.15) is 6.10 Å². The fourth-order valence-electron chi connectivity index (χ4n) is 2.49. The minimum Gasteiger partial charge on any atom is -0.458 e. The van der Waals surface area contributed by atoms with E-state index in [1.807, 2.05) is 13.1 Å². The van der Waals surface area contributed by atoms with Crippen LogP contribution in [0, 0.1) is 0 Å². The van der Waals surface area contributed by atoms with E-state index in [0.717, 1.165) is 19.4 Å². The molecule has 1 aromatic carbocycles. The van der Waals surface area contributed by atoms with Crippen molar-refractivity contribution in [2.75, 3.05) is 20.1 Å². The molecule has 1 fully saturated rings. The normalized spacial score (nSPS) is 20.6. The highest BCUT2D eigenvalue weighted by molar-refractivity contribution is 5.80. The van der Waals surface area contributed by atoms with Crippen molar-refractivity contribution in [2.24, 2.45) is 0 Å². The Hall–Kier alpha value is -1.88. The molecule has 21 heavy (non-hydrogen) atoms. The molecule has 2 rings (SSSR count). The molecule has 2 atom stereocenters. The van der Waals surface area contributed by atoms with Crippen molar-refractivity contribution in [1.29, 1.82) is 0 Å². The lowest BCUT2D eigenvalue weighted by Gasteiger charge is -2.30. The van der Waals surface area contributed by atoms with Gasteiger partial charge in [0.15, 0.2) is 0 Å². The number of nitrogens with zero attached hydrogens (tertiary/aromatic N) is 1. The molecule has 1 aromatic rings. The monoisotopic (exact) mass is 291 g/mol. The fourth-order valence-corrected chi connectivity index (χ4v) is 2.49. The number of carbonyl (C=O) groups is 2. The molecule has 0 aliphatic carbocycles. The average molecular weight is 291 g/mol. The van der Waals surface area contributed by atoms with Gasteiger partial charge in [-0.05, 0) is 26.4 Å². The Morgan fingerprint density at radius 1 is 1.29 bits per heavy atom. The predicted molar refractivity (Wildman–Crippen MR) is 77.6 cm³/mol. The molecular formula is C16H21NO4. The summed E-state index contributed by atoms with van der Waals surface area (Å²) in [4.78, 5) is 25.7. The van der Waals surface area contributed by atoms with Crippen LogP contribution in [0.3, 0.4) is 0 Å². The minimum absolute atomic E-state index is 0.141. The zero-order chi connectivity index (χ0) is 15.2. The van der Waals surface area contributed by atoms with E-state index in [2.05, 4.69) is 4.90 Å². The SMILES string of the molecule is CC(=O)O[C@H](C(=O)O[C@@H]1CCCN(C)C1)c1ccccc1. The Balaban J connectivity index is 2.05. The standard InChI is InChI=1S/C16H21NO4/c1-12(18)20-15(13-7-4-3-5-8-13)16(19)21-14-9-6-10-17(2)11-14/h3-5,7-8,14-15H,6,9-11H2,1-2H3/t14-,15+/m1/s1. The third-order valence-electron chi connectivity index (χ3n) is 3.46. The summed E-state index contributed by atoms with van der Waals surface area (Å²) in [7, 11) is 2.00. The van der Waals surface area contributed by atoms with Crippen molar-refractivity contribution in [3.05, 3.63) is 35.9 Å². The molecule has 114 valence electrons. The number of piperidine rings is 1. The number of benzene rings is 1. The summed E-state index contributed by atoms with van der Waals surface area (Å²) in [5, 5.41) is 0. The van der Waals surface area contributed by atoms with Gasteiger partial charge in [-0.2, -0.15) is 0 Å². The predicted octanol–water partition coefficient (Wildman–Crippen LogP) is 1.93. The summed E-state index contributed by atoms with van der Waals surface area (Å²) in [5.41, 5.74) is 0.627. The van der Waals surface area contributed by atoms with Crippen LogP contribution in [0.2, 0.25) is 0 Å². The van der Waals surface area contributed by atoms with E-state index >= 15 is 0 Å². The van der Waals surface area contributed by atoms with E-state index in [-0.39, 0.29) is 6.10 Å². The van der Waals surface area contributed by atoms with Crippen LogP contribution in [0.15, 0.2) is 30.3 Å². The number of esters is 2. The van der Waals surface area contributed by atoms with Crippen LogP contribution in [0.25, 0.3) is 0 Å². The molecule has 0 spiro atoms. The summed E-state index contributed by atoms with van der Waals surface area (Å²) in [6.07, 6.45) is 0.712. The largest absolute Gasteiger partial charge is 0.458 e. The maximum atomic E-state index is 12.3. The molecule has 0 unspecified atom stereocenters. The lowest BCUT2D eigenvalue weighted by molar-refractivity contribution is -0.172.